The molecule has 0 saturated heterocycles. The molecule has 10 nitrogen and oxygen atoms in total. The zero-order valence-electron chi connectivity index (χ0n) is 24.4. The first kappa shape index (κ1) is 38.7. The molecule has 0 fully saturated rings. The molecule has 0 aromatic carbocycles. The molecular weight excluding hydrogens is 617 g/mol. The van der Waals surface area contributed by atoms with E-state index in [0.717, 1.165) is 56.8 Å². The minimum absolute atomic E-state index is 0.0548. The summed E-state index contributed by atoms with van der Waals surface area (Å²) in [7, 11) is 3.37. The predicted molar refractivity (Wildman–Crippen MR) is 157 cm³/mol. The molecule has 0 heterocycles. The molecule has 0 bridgehead atoms. The molecule has 0 aliphatic carbocycles. The van der Waals surface area contributed by atoms with Crippen LogP contribution in [0.1, 0.15) is 53.9 Å². The van der Waals surface area contributed by atoms with Crippen LogP contribution in [-0.2, 0) is 49.9 Å². The Labute approximate surface area is 263 Å². The third-order valence-corrected chi connectivity index (χ3v) is 8.15. The van der Waals surface area contributed by atoms with Gasteiger partial charge in [0.25, 0.3) is 0 Å². The maximum absolute atomic E-state index is 11.8. The molecule has 1 unspecified atom stereocenters. The second-order valence-electron chi connectivity index (χ2n) is 9.56. The standard InChI is InChI=1S/C26H49N4O6S2.Y/c1-6-7-8-12-28-24(31)29-13-9-10-16-35-22-37-38-26(4,5)11-17-36-25(32)30-15-19-34-21-20-33-18-14-27-23(2)3;/h6,23,27H,9-22H2,1-5H3,(H,30,32)(H2,28,29,31);. The van der Waals surface area contributed by atoms with Crippen molar-refractivity contribution in [2.75, 3.05) is 71.8 Å². The molecule has 3 amide bonds. The first-order valence-corrected chi connectivity index (χ1v) is 17.5. The van der Waals surface area contributed by atoms with E-state index in [1.165, 1.54) is 0 Å². The molecule has 4 N–H and O–H groups in total. The number of carbonyl (C=O) groups is 2. The van der Waals surface area contributed by atoms with Gasteiger partial charge in [-0.3, -0.25) is 0 Å². The van der Waals surface area contributed by atoms with Crippen molar-refractivity contribution in [3.05, 3.63) is 0 Å². The summed E-state index contributed by atoms with van der Waals surface area (Å²) in [6.07, 6.45) is 2.04. The van der Waals surface area contributed by atoms with Crippen LogP contribution in [0.3, 0.4) is 0 Å². The predicted octanol–water partition coefficient (Wildman–Crippen LogP) is 3.71. The van der Waals surface area contributed by atoms with Gasteiger partial charge in [-0.05, 0) is 20.3 Å². The average Bonchev–Trinajstić information content (AvgIpc) is 2.86. The van der Waals surface area contributed by atoms with Crippen LogP contribution in [0.2, 0.25) is 2.73 Å². The number of alkyl carbamates (subject to hydrolysis) is 1. The van der Waals surface area contributed by atoms with Gasteiger partial charge in [0.1, 0.15) is 5.94 Å². The number of rotatable bonds is 23. The molecule has 0 aromatic heterocycles. The fourth-order valence-corrected chi connectivity index (χ4v) is 5.22. The number of amides is 3. The van der Waals surface area contributed by atoms with E-state index in [2.05, 4.69) is 67.7 Å². The number of unbranched alkanes of at least 4 members (excludes halogenated alkanes) is 1. The molecule has 0 aliphatic heterocycles. The summed E-state index contributed by atoms with van der Waals surface area (Å²) in [6, 6.07) is 0.274. The number of nitrogens with one attached hydrogen (secondary N) is 4. The molecule has 0 radical (unpaired) electrons. The molecular formula is C26H49N4O6S2Y. The molecule has 1 atom stereocenters. The zero-order chi connectivity index (χ0) is 29.2. The maximum atomic E-state index is 11.8. The second-order valence-corrected chi connectivity index (χ2v) is 15.0. The number of ether oxygens (including phenoxy) is 4. The van der Waals surface area contributed by atoms with Crippen LogP contribution < -0.4 is 21.3 Å². The van der Waals surface area contributed by atoms with Crippen molar-refractivity contribution in [1.82, 2.24) is 21.3 Å². The third-order valence-electron chi connectivity index (χ3n) is 4.71. The summed E-state index contributed by atoms with van der Waals surface area (Å²) in [5.41, 5.74) is 0. The number of hydrogen-bond acceptors (Lipinski definition) is 9. The van der Waals surface area contributed by atoms with Gasteiger partial charge in [0, 0.05) is 23.9 Å². The smallest absolute Gasteiger partial charge is 0.450 e. The molecule has 0 aromatic rings. The monoisotopic (exact) mass is 666 g/mol. The summed E-state index contributed by atoms with van der Waals surface area (Å²) in [5, 5.41) is 11.5. The minimum Gasteiger partial charge on any atom is -0.450 e. The Balaban J connectivity index is 3.54. The van der Waals surface area contributed by atoms with Crippen molar-refractivity contribution < 1.29 is 59.5 Å². The fourth-order valence-electron chi connectivity index (χ4n) is 2.66. The van der Waals surface area contributed by atoms with Crippen LogP contribution in [0.5, 0.6) is 0 Å². The van der Waals surface area contributed by atoms with Gasteiger partial charge in [0.05, 0.1) is 33.0 Å². The van der Waals surface area contributed by atoms with E-state index in [9.17, 15) is 9.59 Å². The summed E-state index contributed by atoms with van der Waals surface area (Å²) in [6.45, 7) is 15.8. The number of carbonyl (C=O) groups excluding carboxylic acids is 2. The van der Waals surface area contributed by atoms with Crippen molar-refractivity contribution in [1.29, 1.82) is 0 Å². The third kappa shape index (κ3) is 30.5. The molecule has 39 heavy (non-hydrogen) atoms. The zero-order valence-corrected chi connectivity index (χ0v) is 28.9. The Hall–Kier alpha value is -0.256. The van der Waals surface area contributed by atoms with Crippen molar-refractivity contribution in [2.45, 2.75) is 67.4 Å². The van der Waals surface area contributed by atoms with Crippen LogP contribution in [-0.4, -0.2) is 94.7 Å². The van der Waals surface area contributed by atoms with E-state index in [0.29, 0.717) is 74.0 Å². The summed E-state index contributed by atoms with van der Waals surface area (Å²) >= 11 is 1.10. The molecule has 0 aliphatic rings. The van der Waals surface area contributed by atoms with E-state index >= 15 is 0 Å². The van der Waals surface area contributed by atoms with Gasteiger partial charge >= 0.3 is 117 Å². The van der Waals surface area contributed by atoms with Crippen LogP contribution in [0, 0.1) is 11.8 Å². The van der Waals surface area contributed by atoms with E-state index in [4.69, 9.17) is 18.9 Å². The Kier molecular flexibility index (Phi) is 26.5. The number of urea groups is 1. The van der Waals surface area contributed by atoms with Crippen molar-refractivity contribution in [3.8, 4) is 11.8 Å². The van der Waals surface area contributed by atoms with Crippen LogP contribution in [0.25, 0.3) is 0 Å². The summed E-state index contributed by atoms with van der Waals surface area (Å²) in [4.78, 5) is 23.5. The van der Waals surface area contributed by atoms with E-state index in [1.54, 1.807) is 21.6 Å². The molecule has 0 spiro atoms. The topological polar surface area (TPSA) is 119 Å². The van der Waals surface area contributed by atoms with Crippen LogP contribution in [0.15, 0.2) is 0 Å². The van der Waals surface area contributed by atoms with Gasteiger partial charge in [0.2, 0.25) is 0 Å². The molecule has 0 rings (SSSR count). The quantitative estimate of drug-likeness (QED) is 0.0561. The van der Waals surface area contributed by atoms with E-state index in [-0.39, 0.29) is 10.8 Å². The van der Waals surface area contributed by atoms with E-state index < -0.39 is 6.09 Å². The van der Waals surface area contributed by atoms with Crippen LogP contribution >= 0.6 is 21.6 Å². The Morgan fingerprint density at radius 1 is 0.872 bits per heavy atom. The molecule has 224 valence electrons. The van der Waals surface area contributed by atoms with Crippen molar-refractivity contribution >= 4 is 33.7 Å². The van der Waals surface area contributed by atoms with Crippen molar-refractivity contribution in [3.63, 3.8) is 0 Å². The SMILES string of the molecule is C[CH]([Y])C#CCNC(=O)NCCCCOCSSC(C)(C)CCOC(=O)NCCOCCOCCNC(C)C. The van der Waals surface area contributed by atoms with E-state index in [1.807, 2.05) is 0 Å². The minimum atomic E-state index is -0.431. The van der Waals surface area contributed by atoms with Gasteiger partial charge in [0.15, 0.2) is 0 Å². The Morgan fingerprint density at radius 3 is 2.28 bits per heavy atom. The molecule has 0 saturated carbocycles. The summed E-state index contributed by atoms with van der Waals surface area (Å²) < 4.78 is 22.2. The first-order chi connectivity index (χ1) is 18.6. The average molecular weight is 667 g/mol. The number of hydrogen-bond donors (Lipinski definition) is 4. The second kappa shape index (κ2) is 26.6. The summed E-state index contributed by atoms with van der Waals surface area (Å²) in [5.74, 6) is 6.59. The van der Waals surface area contributed by atoms with Crippen molar-refractivity contribution in [2.24, 2.45) is 0 Å². The van der Waals surface area contributed by atoms with Crippen LogP contribution in [0.4, 0.5) is 9.59 Å². The van der Waals surface area contributed by atoms with Gasteiger partial charge < -0.3 is 24.8 Å². The molecule has 13 heteroatoms. The fraction of sp³-hybridized carbons (Fsp3) is 0.846. The Morgan fingerprint density at radius 2 is 1.59 bits per heavy atom. The van der Waals surface area contributed by atoms with Gasteiger partial charge in [-0.2, -0.15) is 0 Å². The Bertz CT molecular complexity index is 693. The first-order valence-electron chi connectivity index (χ1n) is 13.6. The van der Waals surface area contributed by atoms with Gasteiger partial charge in [-0.1, -0.05) is 35.4 Å². The normalized spacial score (nSPS) is 11.9. The van der Waals surface area contributed by atoms with Gasteiger partial charge in [-0.25, -0.2) is 4.79 Å². The van der Waals surface area contributed by atoms with Gasteiger partial charge in [-0.15, -0.1) is 0 Å².